The van der Waals surface area contributed by atoms with Gasteiger partial charge in [-0.25, -0.2) is 0 Å². The molecule has 0 saturated heterocycles. The van der Waals surface area contributed by atoms with E-state index < -0.39 is 6.61 Å². The van der Waals surface area contributed by atoms with Crippen LogP contribution in [0.2, 0.25) is 0 Å². The molecule has 0 aliphatic heterocycles. The molecule has 0 bridgehead atoms. The number of nitrogens with two attached hydrogens (primary N) is 1. The molecule has 0 fully saturated rings. The summed E-state index contributed by atoms with van der Waals surface area (Å²) in [5.41, 5.74) is 5.89. The summed E-state index contributed by atoms with van der Waals surface area (Å²) in [6.45, 7) is -1.21. The Morgan fingerprint density at radius 1 is 1.53 bits per heavy atom. The van der Waals surface area contributed by atoms with E-state index in [0.29, 0.717) is 12.0 Å². The highest BCUT2D eigenvalue weighted by atomic mass is 19.3. The van der Waals surface area contributed by atoms with E-state index >= 15 is 0 Å². The number of hydrogen-bond donors (Lipinski definition) is 1. The molecule has 1 rings (SSSR count). The molecule has 1 aromatic carbocycles. The molecule has 0 aliphatic rings. The summed E-state index contributed by atoms with van der Waals surface area (Å²) in [6, 6.07) is 4.02. The molecule has 2 N–H and O–H groups in total. The van der Waals surface area contributed by atoms with Crippen molar-refractivity contribution in [2.24, 2.45) is 0 Å². The topological polar surface area (TPSA) is 52.3 Å². The molecule has 82 valence electrons. The SMILES string of the molecule is CCC(=O)c1ccc(OC(F)F)c(N)c1. The van der Waals surface area contributed by atoms with E-state index in [1.54, 1.807) is 6.92 Å². The second kappa shape index (κ2) is 4.72. The van der Waals surface area contributed by atoms with Crippen LogP contribution in [0.15, 0.2) is 18.2 Å². The Morgan fingerprint density at radius 2 is 2.20 bits per heavy atom. The van der Waals surface area contributed by atoms with Crippen molar-refractivity contribution in [3.8, 4) is 5.75 Å². The molecule has 3 nitrogen and oxygen atoms in total. The number of ether oxygens (including phenoxy) is 1. The van der Waals surface area contributed by atoms with E-state index in [4.69, 9.17) is 5.73 Å². The minimum atomic E-state index is -2.92. The first kappa shape index (κ1) is 11.4. The van der Waals surface area contributed by atoms with Gasteiger partial charge in [0.25, 0.3) is 0 Å². The fourth-order valence-electron chi connectivity index (χ4n) is 1.13. The van der Waals surface area contributed by atoms with Crippen LogP contribution in [-0.2, 0) is 0 Å². The number of anilines is 1. The van der Waals surface area contributed by atoms with E-state index in [0.717, 1.165) is 0 Å². The van der Waals surface area contributed by atoms with E-state index in [2.05, 4.69) is 4.74 Å². The number of alkyl halides is 2. The number of Topliss-reactive ketones (excluding diaryl/α,β-unsaturated/α-hetero) is 1. The third kappa shape index (κ3) is 2.90. The number of rotatable bonds is 4. The van der Waals surface area contributed by atoms with Gasteiger partial charge in [-0.2, -0.15) is 8.78 Å². The van der Waals surface area contributed by atoms with E-state index in [-0.39, 0.29) is 17.2 Å². The predicted octanol–water partition coefficient (Wildman–Crippen LogP) is 2.46. The summed E-state index contributed by atoms with van der Waals surface area (Å²) in [5.74, 6) is -0.206. The second-order valence-electron chi connectivity index (χ2n) is 2.91. The van der Waals surface area contributed by atoms with Gasteiger partial charge < -0.3 is 10.5 Å². The van der Waals surface area contributed by atoms with Gasteiger partial charge in [0.2, 0.25) is 0 Å². The van der Waals surface area contributed by atoms with Crippen molar-refractivity contribution in [3.63, 3.8) is 0 Å². The highest BCUT2D eigenvalue weighted by molar-refractivity contribution is 5.97. The Kier molecular flexibility index (Phi) is 3.60. The van der Waals surface area contributed by atoms with Crippen molar-refractivity contribution >= 4 is 11.5 Å². The molecule has 0 radical (unpaired) electrons. The van der Waals surface area contributed by atoms with Gasteiger partial charge in [0, 0.05) is 12.0 Å². The first-order valence-electron chi connectivity index (χ1n) is 4.42. The first-order valence-corrected chi connectivity index (χ1v) is 4.42. The summed E-state index contributed by atoms with van der Waals surface area (Å²) >= 11 is 0. The molecule has 0 amide bonds. The molecule has 5 heteroatoms. The van der Waals surface area contributed by atoms with Crippen LogP contribution in [0.3, 0.4) is 0 Å². The van der Waals surface area contributed by atoms with Gasteiger partial charge >= 0.3 is 6.61 Å². The lowest BCUT2D eigenvalue weighted by Gasteiger charge is -2.08. The van der Waals surface area contributed by atoms with Gasteiger partial charge in [-0.1, -0.05) is 6.92 Å². The summed E-state index contributed by atoms with van der Waals surface area (Å²) in [7, 11) is 0. The van der Waals surface area contributed by atoms with Gasteiger partial charge in [0.05, 0.1) is 5.69 Å². The monoisotopic (exact) mass is 215 g/mol. The fraction of sp³-hybridized carbons (Fsp3) is 0.300. The van der Waals surface area contributed by atoms with Gasteiger partial charge in [-0.15, -0.1) is 0 Å². The van der Waals surface area contributed by atoms with E-state index in [1.165, 1.54) is 18.2 Å². The Labute approximate surface area is 85.8 Å². The molecule has 0 aliphatic carbocycles. The van der Waals surface area contributed by atoms with Crippen molar-refractivity contribution in [2.45, 2.75) is 20.0 Å². The maximum atomic E-state index is 11.9. The van der Waals surface area contributed by atoms with Crippen LogP contribution in [-0.4, -0.2) is 12.4 Å². The highest BCUT2D eigenvalue weighted by Crippen LogP contribution is 2.24. The van der Waals surface area contributed by atoms with Crippen molar-refractivity contribution < 1.29 is 18.3 Å². The molecule has 1 aromatic rings. The Balaban J connectivity index is 2.93. The normalized spacial score (nSPS) is 10.4. The number of carbonyl (C=O) groups excluding carboxylic acids is 1. The number of benzene rings is 1. The zero-order chi connectivity index (χ0) is 11.4. The van der Waals surface area contributed by atoms with Crippen LogP contribution >= 0.6 is 0 Å². The fourth-order valence-corrected chi connectivity index (χ4v) is 1.13. The van der Waals surface area contributed by atoms with Gasteiger partial charge in [0.1, 0.15) is 5.75 Å². The average Bonchev–Trinajstić information content (AvgIpc) is 2.19. The van der Waals surface area contributed by atoms with Gasteiger partial charge in [-0.05, 0) is 18.2 Å². The summed E-state index contributed by atoms with van der Waals surface area (Å²) < 4.78 is 27.9. The molecule has 0 spiro atoms. The standard InChI is InChI=1S/C10H11F2NO2/c1-2-8(14)6-3-4-9(7(13)5-6)15-10(11)12/h3-5,10H,2,13H2,1H3. The maximum Gasteiger partial charge on any atom is 0.387 e. The lowest BCUT2D eigenvalue weighted by molar-refractivity contribution is -0.0493. The quantitative estimate of drug-likeness (QED) is 0.620. The van der Waals surface area contributed by atoms with Gasteiger partial charge in [0.15, 0.2) is 5.78 Å². The van der Waals surface area contributed by atoms with Crippen LogP contribution in [0.4, 0.5) is 14.5 Å². The average molecular weight is 215 g/mol. The lowest BCUT2D eigenvalue weighted by Crippen LogP contribution is -2.05. The largest absolute Gasteiger partial charge is 0.433 e. The first-order chi connectivity index (χ1) is 7.04. The highest BCUT2D eigenvalue weighted by Gasteiger charge is 2.10. The second-order valence-corrected chi connectivity index (χ2v) is 2.91. The Hall–Kier alpha value is -1.65. The minimum Gasteiger partial charge on any atom is -0.433 e. The number of ketones is 1. The van der Waals surface area contributed by atoms with Crippen LogP contribution < -0.4 is 10.5 Å². The maximum absolute atomic E-state index is 11.9. The van der Waals surface area contributed by atoms with Crippen LogP contribution in [0.25, 0.3) is 0 Å². The van der Waals surface area contributed by atoms with Crippen molar-refractivity contribution in [3.05, 3.63) is 23.8 Å². The predicted molar refractivity (Wildman–Crippen MR) is 52.1 cm³/mol. The van der Waals surface area contributed by atoms with Crippen molar-refractivity contribution in [1.82, 2.24) is 0 Å². The van der Waals surface area contributed by atoms with E-state index in [9.17, 15) is 13.6 Å². The molecule has 0 aromatic heterocycles. The summed E-state index contributed by atoms with van der Waals surface area (Å²) in [5, 5.41) is 0. The van der Waals surface area contributed by atoms with E-state index in [1.807, 2.05) is 0 Å². The summed E-state index contributed by atoms with van der Waals surface area (Å²) in [4.78, 5) is 11.3. The lowest BCUT2D eigenvalue weighted by atomic mass is 10.1. The molecule has 0 unspecified atom stereocenters. The smallest absolute Gasteiger partial charge is 0.387 e. The van der Waals surface area contributed by atoms with Crippen molar-refractivity contribution in [1.29, 1.82) is 0 Å². The minimum absolute atomic E-state index is 0.0367. The van der Waals surface area contributed by atoms with Crippen LogP contribution in [0, 0.1) is 0 Å². The molecule has 0 saturated carbocycles. The van der Waals surface area contributed by atoms with Crippen LogP contribution in [0.5, 0.6) is 5.75 Å². The van der Waals surface area contributed by atoms with Crippen LogP contribution in [0.1, 0.15) is 23.7 Å². The molecular formula is C10H11F2NO2. The molecule has 0 atom stereocenters. The number of hydrogen-bond acceptors (Lipinski definition) is 3. The summed E-state index contributed by atoms with van der Waals surface area (Å²) in [6.07, 6.45) is 0.342. The van der Waals surface area contributed by atoms with Crippen molar-refractivity contribution in [2.75, 3.05) is 5.73 Å². The third-order valence-electron chi connectivity index (χ3n) is 1.87. The molecular weight excluding hydrogens is 204 g/mol. The molecule has 15 heavy (non-hydrogen) atoms. The number of carbonyl (C=O) groups is 1. The van der Waals surface area contributed by atoms with Gasteiger partial charge in [-0.3, -0.25) is 4.79 Å². The molecule has 0 heterocycles. The number of nitrogen functional groups attached to an aromatic ring is 1. The zero-order valence-electron chi connectivity index (χ0n) is 8.17. The zero-order valence-corrected chi connectivity index (χ0v) is 8.17. The number of halogens is 2. The third-order valence-corrected chi connectivity index (χ3v) is 1.87. The Morgan fingerprint density at radius 3 is 2.67 bits per heavy atom. The Bertz CT molecular complexity index is 366.